The lowest BCUT2D eigenvalue weighted by atomic mass is 9.76. The molecule has 0 amide bonds. The minimum atomic E-state index is -2.35. The van der Waals surface area contributed by atoms with E-state index in [9.17, 15) is 22.8 Å². The maximum atomic E-state index is 15.3. The number of carbonyl (C=O) groups is 2. The van der Waals surface area contributed by atoms with Crippen LogP contribution in [-0.4, -0.2) is 43.5 Å². The van der Waals surface area contributed by atoms with Gasteiger partial charge in [0.25, 0.3) is 0 Å². The lowest BCUT2D eigenvalue weighted by Crippen LogP contribution is -2.45. The van der Waals surface area contributed by atoms with Gasteiger partial charge in [0.15, 0.2) is 29.1 Å². The second-order valence-corrected chi connectivity index (χ2v) is 10.3. The number of hydrogen-bond acceptors (Lipinski definition) is 6. The molecule has 0 aromatic heterocycles. The molecule has 11 heteroatoms. The summed E-state index contributed by atoms with van der Waals surface area (Å²) >= 11 is 0. The molecule has 6 nitrogen and oxygen atoms in total. The van der Waals surface area contributed by atoms with E-state index in [0.717, 1.165) is 5.56 Å². The molecule has 1 N–H and O–H groups in total. The summed E-state index contributed by atoms with van der Waals surface area (Å²) in [5.41, 5.74) is -0.212. The van der Waals surface area contributed by atoms with Gasteiger partial charge in [-0.2, -0.15) is 0 Å². The number of rotatable bonds is 8. The number of dihydropyridines is 1. The minimum Gasteiger partial charge on any atom is -0.459 e. The number of Topliss-reactive ketones (excluding diaryl/α,β-unsaturated/α-hetero) is 1. The predicted molar refractivity (Wildman–Crippen MR) is 146 cm³/mol. The van der Waals surface area contributed by atoms with E-state index in [-0.39, 0.29) is 36.7 Å². The van der Waals surface area contributed by atoms with Crippen molar-refractivity contribution in [3.8, 4) is 0 Å². The molecular formula is C32H27F5N2O4. The zero-order valence-corrected chi connectivity index (χ0v) is 23.2. The molecule has 0 bridgehead atoms. The summed E-state index contributed by atoms with van der Waals surface area (Å²) in [5.74, 6) is -14.6. The number of benzene rings is 3. The monoisotopic (exact) mass is 598 g/mol. The van der Waals surface area contributed by atoms with Gasteiger partial charge in [0.1, 0.15) is 12.7 Å². The number of carbonyl (C=O) groups excluding carboxylic acids is 2. The first-order chi connectivity index (χ1) is 20.6. The van der Waals surface area contributed by atoms with Crippen molar-refractivity contribution in [2.45, 2.75) is 25.5 Å². The SMILES string of the molecule is COC(COC(=O)C1=C(C)NC2=C(C(=O)CN(Cc3ccccc3)C2)[C@H]1c1c(F)c(F)c(F)c(F)c1F)c1ccccc1. The number of ketones is 1. The van der Waals surface area contributed by atoms with E-state index in [1.165, 1.54) is 14.0 Å². The van der Waals surface area contributed by atoms with Crippen LogP contribution in [0.5, 0.6) is 0 Å². The highest BCUT2D eigenvalue weighted by Gasteiger charge is 2.45. The molecular weight excluding hydrogens is 571 g/mol. The second-order valence-electron chi connectivity index (χ2n) is 10.3. The number of allylic oxidation sites excluding steroid dienone is 1. The fourth-order valence-electron chi connectivity index (χ4n) is 5.50. The van der Waals surface area contributed by atoms with Gasteiger partial charge in [0, 0.05) is 42.7 Å². The van der Waals surface area contributed by atoms with Gasteiger partial charge in [-0.1, -0.05) is 60.7 Å². The Hall–Kier alpha value is -4.35. The van der Waals surface area contributed by atoms with Gasteiger partial charge in [-0.3, -0.25) is 9.69 Å². The summed E-state index contributed by atoms with van der Waals surface area (Å²) in [4.78, 5) is 28.9. The molecule has 0 fully saturated rings. The number of halogens is 5. The molecule has 2 atom stereocenters. The normalized spacial score (nSPS) is 17.9. The van der Waals surface area contributed by atoms with E-state index in [2.05, 4.69) is 5.32 Å². The summed E-state index contributed by atoms with van der Waals surface area (Å²) in [6, 6.07) is 18.0. The standard InChI is InChI=1S/C32H27F5N2O4/c1-17-23(32(41)43-16-22(42-2)19-11-7-4-8-12-19)25(26-27(33)29(35)31(37)30(36)28(26)34)24-20(38-17)14-39(15-21(24)40)13-18-9-5-3-6-10-18/h3-12,22,25,38H,13-16H2,1-2H3/t22?,25-/m0/s1. The molecule has 3 aromatic rings. The highest BCUT2D eigenvalue weighted by atomic mass is 19.2. The molecule has 2 aliphatic heterocycles. The second kappa shape index (κ2) is 12.5. The lowest BCUT2D eigenvalue weighted by molar-refractivity contribution is -0.143. The van der Waals surface area contributed by atoms with E-state index >= 15 is 8.78 Å². The molecule has 2 aliphatic rings. The van der Waals surface area contributed by atoms with Gasteiger partial charge < -0.3 is 14.8 Å². The van der Waals surface area contributed by atoms with Crippen molar-refractivity contribution in [1.82, 2.24) is 10.2 Å². The van der Waals surface area contributed by atoms with Crippen LogP contribution < -0.4 is 5.32 Å². The number of esters is 1. The summed E-state index contributed by atoms with van der Waals surface area (Å²) < 4.78 is 84.5. The van der Waals surface area contributed by atoms with Crippen LogP contribution in [0.25, 0.3) is 0 Å². The third-order valence-electron chi connectivity index (χ3n) is 7.52. The van der Waals surface area contributed by atoms with E-state index in [0.29, 0.717) is 12.1 Å². The summed E-state index contributed by atoms with van der Waals surface area (Å²) in [6.07, 6.45) is -0.715. The smallest absolute Gasteiger partial charge is 0.336 e. The van der Waals surface area contributed by atoms with Crippen molar-refractivity contribution in [2.24, 2.45) is 0 Å². The first kappa shape index (κ1) is 30.1. The van der Waals surface area contributed by atoms with Crippen LogP contribution in [0.2, 0.25) is 0 Å². The highest BCUT2D eigenvalue weighted by Crippen LogP contribution is 2.44. The zero-order chi connectivity index (χ0) is 30.8. The number of nitrogens with one attached hydrogen (secondary N) is 1. The summed E-state index contributed by atoms with van der Waals surface area (Å²) in [6.45, 7) is 1.30. The number of nitrogens with zero attached hydrogens (tertiary/aromatic N) is 1. The maximum Gasteiger partial charge on any atom is 0.336 e. The summed E-state index contributed by atoms with van der Waals surface area (Å²) in [5, 5.41) is 2.97. The van der Waals surface area contributed by atoms with Crippen molar-refractivity contribution in [3.05, 3.63) is 129 Å². The van der Waals surface area contributed by atoms with Crippen LogP contribution >= 0.6 is 0 Å². The molecule has 5 rings (SSSR count). The minimum absolute atomic E-state index is 0.0423. The topological polar surface area (TPSA) is 67.9 Å². The first-order valence-corrected chi connectivity index (χ1v) is 13.4. The summed E-state index contributed by atoms with van der Waals surface area (Å²) in [7, 11) is 1.40. The molecule has 0 saturated carbocycles. The third kappa shape index (κ3) is 5.82. The Labute approximate surface area is 244 Å². The van der Waals surface area contributed by atoms with Crippen molar-refractivity contribution in [3.63, 3.8) is 0 Å². The Morgan fingerprint density at radius 2 is 1.49 bits per heavy atom. The largest absolute Gasteiger partial charge is 0.459 e. The average molecular weight is 599 g/mol. The van der Waals surface area contributed by atoms with Gasteiger partial charge in [-0.15, -0.1) is 0 Å². The van der Waals surface area contributed by atoms with E-state index in [1.54, 1.807) is 35.2 Å². The Morgan fingerprint density at radius 1 is 0.907 bits per heavy atom. The molecule has 0 spiro atoms. The van der Waals surface area contributed by atoms with Gasteiger partial charge in [0.05, 0.1) is 18.0 Å². The van der Waals surface area contributed by atoms with E-state index in [4.69, 9.17) is 9.47 Å². The number of ether oxygens (including phenoxy) is 2. The Bertz CT molecular complexity index is 1600. The van der Waals surface area contributed by atoms with Crippen molar-refractivity contribution in [1.29, 1.82) is 0 Å². The van der Waals surface area contributed by atoms with Crippen LogP contribution in [-0.2, 0) is 25.6 Å². The Balaban J connectivity index is 1.55. The Kier molecular flexibility index (Phi) is 8.74. The van der Waals surface area contributed by atoms with Gasteiger partial charge >= 0.3 is 5.97 Å². The van der Waals surface area contributed by atoms with Crippen molar-refractivity contribution < 1.29 is 41.0 Å². The molecule has 224 valence electrons. The van der Waals surface area contributed by atoms with E-state index in [1.807, 2.05) is 30.3 Å². The van der Waals surface area contributed by atoms with Gasteiger partial charge in [0.2, 0.25) is 5.82 Å². The van der Waals surface area contributed by atoms with Crippen LogP contribution in [0, 0.1) is 29.1 Å². The molecule has 1 unspecified atom stereocenters. The lowest BCUT2D eigenvalue weighted by Gasteiger charge is -2.38. The van der Waals surface area contributed by atoms with Crippen molar-refractivity contribution in [2.75, 3.05) is 26.8 Å². The first-order valence-electron chi connectivity index (χ1n) is 13.4. The zero-order valence-electron chi connectivity index (χ0n) is 23.2. The molecule has 3 aromatic carbocycles. The van der Waals surface area contributed by atoms with Crippen molar-refractivity contribution >= 4 is 11.8 Å². The van der Waals surface area contributed by atoms with Crippen LogP contribution in [0.15, 0.2) is 83.2 Å². The molecule has 0 radical (unpaired) electrons. The van der Waals surface area contributed by atoms with Crippen LogP contribution in [0.1, 0.15) is 35.6 Å². The molecule has 0 saturated heterocycles. The van der Waals surface area contributed by atoms with Crippen LogP contribution in [0.4, 0.5) is 22.0 Å². The maximum absolute atomic E-state index is 15.3. The average Bonchev–Trinajstić information content (AvgIpc) is 3.00. The predicted octanol–water partition coefficient (Wildman–Crippen LogP) is 5.61. The molecule has 43 heavy (non-hydrogen) atoms. The van der Waals surface area contributed by atoms with E-state index < -0.39 is 64.0 Å². The van der Waals surface area contributed by atoms with Gasteiger partial charge in [-0.05, 0) is 18.1 Å². The molecule has 0 aliphatic carbocycles. The Morgan fingerprint density at radius 3 is 2.09 bits per heavy atom. The highest BCUT2D eigenvalue weighted by molar-refractivity contribution is 6.04. The molecule has 2 heterocycles. The number of methoxy groups -OCH3 is 1. The van der Waals surface area contributed by atoms with Gasteiger partial charge in [-0.25, -0.2) is 26.7 Å². The quantitative estimate of drug-likeness (QED) is 0.157. The fraction of sp³-hybridized carbons (Fsp3) is 0.250. The third-order valence-corrected chi connectivity index (χ3v) is 7.52. The number of hydrogen-bond donors (Lipinski definition) is 1. The fourth-order valence-corrected chi connectivity index (χ4v) is 5.50. The van der Waals surface area contributed by atoms with Crippen LogP contribution in [0.3, 0.4) is 0 Å².